The van der Waals surface area contributed by atoms with Crippen LogP contribution in [0, 0.1) is 0 Å². The lowest BCUT2D eigenvalue weighted by atomic mass is 10.3. The number of benzene rings is 1. The highest BCUT2D eigenvalue weighted by molar-refractivity contribution is 9.11. The van der Waals surface area contributed by atoms with Crippen LogP contribution < -0.4 is 10.1 Å². The van der Waals surface area contributed by atoms with E-state index in [0.29, 0.717) is 4.88 Å². The van der Waals surface area contributed by atoms with Crippen LogP contribution in [-0.4, -0.2) is 12.5 Å². The largest absolute Gasteiger partial charge is 0.431 e. The summed E-state index contributed by atoms with van der Waals surface area (Å²) in [6, 6.07) is 6.06. The van der Waals surface area contributed by atoms with Gasteiger partial charge in [0.25, 0.3) is 5.91 Å². The molecule has 0 unspecified atom stereocenters. The number of carbonyl (C=O) groups is 1. The molecule has 2 aromatic rings. The SMILES string of the molecule is O=C(Nc1cc(Cl)cc(Br)c1OC(F)F)c1ccc(Br)s1. The van der Waals surface area contributed by atoms with Gasteiger partial charge < -0.3 is 10.1 Å². The van der Waals surface area contributed by atoms with E-state index < -0.39 is 12.5 Å². The van der Waals surface area contributed by atoms with Gasteiger partial charge in [-0.3, -0.25) is 4.79 Å². The minimum absolute atomic E-state index is 0.0594. The van der Waals surface area contributed by atoms with E-state index >= 15 is 0 Å². The first-order valence-electron chi connectivity index (χ1n) is 5.37. The van der Waals surface area contributed by atoms with E-state index in [0.717, 1.165) is 3.79 Å². The minimum Gasteiger partial charge on any atom is -0.431 e. The van der Waals surface area contributed by atoms with E-state index in [1.807, 2.05) is 0 Å². The van der Waals surface area contributed by atoms with Crippen LogP contribution in [0.4, 0.5) is 14.5 Å². The van der Waals surface area contributed by atoms with E-state index in [1.165, 1.54) is 23.5 Å². The summed E-state index contributed by atoms with van der Waals surface area (Å²) in [4.78, 5) is 12.5. The Bertz CT molecular complexity index is 681. The number of hydrogen-bond donors (Lipinski definition) is 1. The van der Waals surface area contributed by atoms with Crippen molar-refractivity contribution in [1.29, 1.82) is 0 Å². The summed E-state index contributed by atoms with van der Waals surface area (Å²) in [5.74, 6) is -0.627. The first-order chi connectivity index (χ1) is 9.86. The van der Waals surface area contributed by atoms with Crippen molar-refractivity contribution in [2.24, 2.45) is 0 Å². The molecule has 0 aliphatic heterocycles. The van der Waals surface area contributed by atoms with Gasteiger partial charge in [-0.05, 0) is 56.1 Å². The second kappa shape index (κ2) is 7.04. The smallest absolute Gasteiger partial charge is 0.387 e. The summed E-state index contributed by atoms with van der Waals surface area (Å²) in [5, 5.41) is 2.77. The maximum atomic E-state index is 12.5. The molecule has 0 saturated heterocycles. The molecular weight excluding hydrogens is 455 g/mol. The average molecular weight is 462 g/mol. The summed E-state index contributed by atoms with van der Waals surface area (Å²) >= 11 is 13.4. The zero-order valence-corrected chi connectivity index (χ0v) is 14.7. The lowest BCUT2D eigenvalue weighted by Gasteiger charge is -2.13. The van der Waals surface area contributed by atoms with Crippen molar-refractivity contribution in [3.63, 3.8) is 0 Å². The molecule has 1 N–H and O–H groups in total. The van der Waals surface area contributed by atoms with Crippen molar-refractivity contribution in [3.8, 4) is 5.75 Å². The summed E-state index contributed by atoms with van der Waals surface area (Å²) in [6.45, 7) is -3.02. The number of nitrogens with one attached hydrogen (secondary N) is 1. The molecule has 0 atom stereocenters. The van der Waals surface area contributed by atoms with Gasteiger partial charge >= 0.3 is 6.61 Å². The van der Waals surface area contributed by atoms with Gasteiger partial charge in [0.05, 0.1) is 18.8 Å². The lowest BCUT2D eigenvalue weighted by Crippen LogP contribution is -2.13. The molecule has 3 nitrogen and oxygen atoms in total. The molecule has 1 aromatic carbocycles. The van der Waals surface area contributed by atoms with Crippen LogP contribution in [0.1, 0.15) is 9.67 Å². The second-order valence-corrected chi connectivity index (χ2v) is 7.45. The number of anilines is 1. The Kier molecular flexibility index (Phi) is 5.59. The normalized spacial score (nSPS) is 10.8. The van der Waals surface area contributed by atoms with E-state index in [1.54, 1.807) is 12.1 Å². The molecule has 9 heteroatoms. The summed E-state index contributed by atoms with van der Waals surface area (Å²) in [5.41, 5.74) is 0.0594. The van der Waals surface area contributed by atoms with E-state index in [4.69, 9.17) is 11.6 Å². The number of carbonyl (C=O) groups excluding carboxylic acids is 1. The summed E-state index contributed by atoms with van der Waals surface area (Å²) in [6.07, 6.45) is 0. The highest BCUT2D eigenvalue weighted by atomic mass is 79.9. The average Bonchev–Trinajstić information content (AvgIpc) is 2.80. The predicted octanol–water partition coefficient (Wildman–Crippen LogP) is 5.78. The number of rotatable bonds is 4. The number of thiophene rings is 1. The highest BCUT2D eigenvalue weighted by Crippen LogP contribution is 2.38. The topological polar surface area (TPSA) is 38.3 Å². The van der Waals surface area contributed by atoms with Crippen LogP contribution in [0.3, 0.4) is 0 Å². The summed E-state index contributed by atoms with van der Waals surface area (Å²) in [7, 11) is 0. The van der Waals surface area contributed by atoms with Gasteiger partial charge in [0.1, 0.15) is 0 Å². The molecule has 0 spiro atoms. The van der Waals surface area contributed by atoms with Gasteiger partial charge in [-0.25, -0.2) is 0 Å². The molecule has 0 fully saturated rings. The van der Waals surface area contributed by atoms with Crippen molar-refractivity contribution in [3.05, 3.63) is 42.4 Å². The predicted molar refractivity (Wildman–Crippen MR) is 85.8 cm³/mol. The van der Waals surface area contributed by atoms with E-state index in [2.05, 4.69) is 41.9 Å². The number of hydrogen-bond acceptors (Lipinski definition) is 3. The van der Waals surface area contributed by atoms with Crippen LogP contribution in [-0.2, 0) is 0 Å². The van der Waals surface area contributed by atoms with Crippen molar-refractivity contribution < 1.29 is 18.3 Å². The van der Waals surface area contributed by atoms with Crippen molar-refractivity contribution in [2.45, 2.75) is 6.61 Å². The van der Waals surface area contributed by atoms with Gasteiger partial charge in [-0.2, -0.15) is 8.78 Å². The monoisotopic (exact) mass is 459 g/mol. The number of amides is 1. The Morgan fingerprint density at radius 2 is 2.05 bits per heavy atom. The molecule has 1 aromatic heterocycles. The first-order valence-corrected chi connectivity index (χ1v) is 8.15. The van der Waals surface area contributed by atoms with Crippen molar-refractivity contribution in [1.82, 2.24) is 0 Å². The van der Waals surface area contributed by atoms with Gasteiger partial charge in [0, 0.05) is 5.02 Å². The molecule has 1 heterocycles. The molecule has 2 rings (SSSR count). The van der Waals surface area contributed by atoms with Gasteiger partial charge in [-0.1, -0.05) is 11.6 Å². The third kappa shape index (κ3) is 4.38. The van der Waals surface area contributed by atoms with Gasteiger partial charge in [0.2, 0.25) is 0 Å². The fourth-order valence-electron chi connectivity index (χ4n) is 1.48. The molecule has 0 aliphatic rings. The quantitative estimate of drug-likeness (QED) is 0.627. The molecule has 112 valence electrons. The Morgan fingerprint density at radius 3 is 2.62 bits per heavy atom. The Balaban J connectivity index is 2.32. The van der Waals surface area contributed by atoms with Crippen LogP contribution >= 0.6 is 54.8 Å². The molecule has 0 radical (unpaired) electrons. The number of halogens is 5. The van der Waals surface area contributed by atoms with Crippen LogP contribution in [0.2, 0.25) is 5.02 Å². The highest BCUT2D eigenvalue weighted by Gasteiger charge is 2.18. The molecule has 21 heavy (non-hydrogen) atoms. The summed E-state index contributed by atoms with van der Waals surface area (Å²) < 4.78 is 30.3. The third-order valence-electron chi connectivity index (χ3n) is 2.26. The molecule has 0 bridgehead atoms. The molecular formula is C12H6Br2ClF2NO2S. The second-order valence-electron chi connectivity index (χ2n) is 3.70. The number of ether oxygens (including phenoxy) is 1. The maximum Gasteiger partial charge on any atom is 0.387 e. The molecule has 0 aliphatic carbocycles. The molecule has 1 amide bonds. The zero-order chi connectivity index (χ0) is 15.6. The van der Waals surface area contributed by atoms with Gasteiger partial charge in [-0.15, -0.1) is 11.3 Å². The maximum absolute atomic E-state index is 12.5. The fourth-order valence-corrected chi connectivity index (χ4v) is 3.67. The standard InChI is InChI=1S/C12H6Br2ClF2NO2S/c13-6-3-5(15)4-7(10(6)20-12(16)17)18-11(19)8-1-2-9(14)21-8/h1-4,12H,(H,18,19). The van der Waals surface area contributed by atoms with E-state index in [-0.39, 0.29) is 20.9 Å². The van der Waals surface area contributed by atoms with Crippen molar-refractivity contribution >= 4 is 66.4 Å². The first kappa shape index (κ1) is 16.7. The third-order valence-corrected chi connectivity index (χ3v) is 4.69. The molecule has 0 saturated carbocycles. The fraction of sp³-hybridized carbons (Fsp3) is 0.0833. The lowest BCUT2D eigenvalue weighted by molar-refractivity contribution is -0.0498. The minimum atomic E-state index is -3.02. The Hall–Kier alpha value is -0.700. The zero-order valence-electron chi connectivity index (χ0n) is 10.0. The Morgan fingerprint density at radius 1 is 1.33 bits per heavy atom. The van der Waals surface area contributed by atoms with Crippen LogP contribution in [0.15, 0.2) is 32.5 Å². The Labute approximate surface area is 144 Å². The van der Waals surface area contributed by atoms with Crippen molar-refractivity contribution in [2.75, 3.05) is 5.32 Å². The van der Waals surface area contributed by atoms with Gasteiger partial charge in [0.15, 0.2) is 5.75 Å². The van der Waals surface area contributed by atoms with Crippen LogP contribution in [0.25, 0.3) is 0 Å². The van der Waals surface area contributed by atoms with E-state index in [9.17, 15) is 13.6 Å². The van der Waals surface area contributed by atoms with Crippen LogP contribution in [0.5, 0.6) is 5.75 Å². The number of alkyl halides is 2.